The van der Waals surface area contributed by atoms with Crippen LogP contribution < -0.4 is 19.1 Å². The Bertz CT molecular complexity index is 1780. The number of benzene rings is 3. The van der Waals surface area contributed by atoms with Gasteiger partial charge in [0.05, 0.1) is 11.4 Å². The van der Waals surface area contributed by atoms with Gasteiger partial charge in [0.25, 0.3) is 5.91 Å². The van der Waals surface area contributed by atoms with Gasteiger partial charge in [-0.15, -0.1) is 0 Å². The highest BCUT2D eigenvalue weighted by Gasteiger charge is 2.53. The molecule has 2 atom stereocenters. The fraction of sp³-hybridized carbons (Fsp3) is 0.194. The summed E-state index contributed by atoms with van der Waals surface area (Å²) in [5.41, 5.74) is 1.89. The van der Waals surface area contributed by atoms with E-state index >= 15 is 0 Å². The average molecular weight is 634 g/mol. The SMILES string of the molecule is CCN1C(=O)COc2ccc(C(=O)[C@@H]3Oc4ccc(Br)cc4[C@@]3(O)c3cnc4c(c3)COc3ccc(Cl)cc3-4)cc21. The van der Waals surface area contributed by atoms with Gasteiger partial charge in [-0.25, -0.2) is 0 Å². The third kappa shape index (κ3) is 4.02. The molecule has 41 heavy (non-hydrogen) atoms. The predicted molar refractivity (Wildman–Crippen MR) is 155 cm³/mol. The highest BCUT2D eigenvalue weighted by Crippen LogP contribution is 2.49. The zero-order chi connectivity index (χ0) is 28.5. The number of carbonyl (C=O) groups is 2. The van der Waals surface area contributed by atoms with E-state index in [1.807, 2.05) is 6.92 Å². The Morgan fingerprint density at radius 2 is 1.85 bits per heavy atom. The van der Waals surface area contributed by atoms with Gasteiger partial charge in [-0.2, -0.15) is 0 Å². The van der Waals surface area contributed by atoms with E-state index in [1.54, 1.807) is 71.8 Å². The number of pyridine rings is 1. The van der Waals surface area contributed by atoms with E-state index in [0.717, 1.165) is 11.1 Å². The van der Waals surface area contributed by atoms with E-state index in [0.29, 0.717) is 55.8 Å². The lowest BCUT2D eigenvalue weighted by Crippen LogP contribution is -2.45. The molecule has 1 amide bonds. The van der Waals surface area contributed by atoms with Crippen LogP contribution in [0, 0.1) is 0 Å². The smallest absolute Gasteiger partial charge is 0.265 e. The zero-order valence-corrected chi connectivity index (χ0v) is 24.0. The van der Waals surface area contributed by atoms with Crippen LogP contribution in [-0.4, -0.2) is 41.0 Å². The molecular weight excluding hydrogens is 612 g/mol. The number of rotatable bonds is 4. The topological polar surface area (TPSA) is 98.2 Å². The number of carbonyl (C=O) groups excluding carboxylic acids is 2. The van der Waals surface area contributed by atoms with Crippen molar-refractivity contribution in [2.45, 2.75) is 25.2 Å². The van der Waals surface area contributed by atoms with Crippen molar-refractivity contribution in [2.75, 3.05) is 18.1 Å². The molecule has 0 saturated carbocycles. The van der Waals surface area contributed by atoms with E-state index in [9.17, 15) is 14.7 Å². The minimum absolute atomic E-state index is 0.0600. The summed E-state index contributed by atoms with van der Waals surface area (Å²) in [7, 11) is 0. The van der Waals surface area contributed by atoms with Crippen molar-refractivity contribution in [1.82, 2.24) is 4.98 Å². The summed E-state index contributed by atoms with van der Waals surface area (Å²) in [6.07, 6.45) is 0.235. The van der Waals surface area contributed by atoms with Crippen molar-refractivity contribution in [3.8, 4) is 28.5 Å². The van der Waals surface area contributed by atoms with Gasteiger partial charge in [-0.3, -0.25) is 14.6 Å². The molecule has 0 saturated heterocycles. The monoisotopic (exact) mass is 632 g/mol. The molecule has 206 valence electrons. The molecule has 0 spiro atoms. The maximum Gasteiger partial charge on any atom is 0.265 e. The van der Waals surface area contributed by atoms with Crippen molar-refractivity contribution >= 4 is 44.9 Å². The van der Waals surface area contributed by atoms with Crippen LogP contribution in [0.5, 0.6) is 17.2 Å². The lowest BCUT2D eigenvalue weighted by atomic mass is 9.80. The van der Waals surface area contributed by atoms with Crippen LogP contribution in [0.3, 0.4) is 0 Å². The Labute approximate surface area is 248 Å². The number of anilines is 1. The van der Waals surface area contributed by atoms with Gasteiger partial charge >= 0.3 is 0 Å². The summed E-state index contributed by atoms with van der Waals surface area (Å²) in [5, 5.41) is 13.0. The molecule has 4 heterocycles. The van der Waals surface area contributed by atoms with Gasteiger partial charge in [0.1, 0.15) is 23.9 Å². The highest BCUT2D eigenvalue weighted by molar-refractivity contribution is 9.10. The van der Waals surface area contributed by atoms with Crippen LogP contribution in [0.4, 0.5) is 5.69 Å². The summed E-state index contributed by atoms with van der Waals surface area (Å²) < 4.78 is 18.4. The molecule has 1 N–H and O–H groups in total. The second-order valence-electron chi connectivity index (χ2n) is 10.0. The standard InChI is InChI=1S/C31H22BrClN2O6/c1-2-35-23-10-16(3-6-26(23)40-15-27(35)36)29(37)30-31(38,22-11-19(32)4-7-25(22)41-30)18-9-17-14-39-24-8-5-20(33)12-21(24)28(17)34-13-18/h3-13,30,38H,2,14-15H2,1H3/t30-,31-/m0/s1. The van der Waals surface area contributed by atoms with Crippen LogP contribution >= 0.6 is 27.5 Å². The Kier molecular flexibility index (Phi) is 6.08. The van der Waals surface area contributed by atoms with Crippen LogP contribution in [0.1, 0.15) is 34.0 Å². The molecule has 3 aliphatic rings. The molecule has 0 unspecified atom stereocenters. The minimum Gasteiger partial charge on any atom is -0.488 e. The van der Waals surface area contributed by atoms with Crippen molar-refractivity contribution < 1.29 is 28.9 Å². The number of amides is 1. The van der Waals surface area contributed by atoms with Gasteiger partial charge in [-0.05, 0) is 67.6 Å². The number of fused-ring (bicyclic) bond motifs is 5. The van der Waals surface area contributed by atoms with Gasteiger partial charge < -0.3 is 24.2 Å². The second-order valence-corrected chi connectivity index (χ2v) is 11.4. The fourth-order valence-electron chi connectivity index (χ4n) is 5.70. The first-order valence-electron chi connectivity index (χ1n) is 13.0. The maximum atomic E-state index is 14.1. The van der Waals surface area contributed by atoms with Gasteiger partial charge in [0.2, 0.25) is 5.78 Å². The molecule has 8 nitrogen and oxygen atoms in total. The molecule has 0 bridgehead atoms. The second kappa shape index (κ2) is 9.58. The number of ether oxygens (including phenoxy) is 3. The maximum absolute atomic E-state index is 14.1. The minimum atomic E-state index is -1.88. The first-order chi connectivity index (χ1) is 19.8. The Morgan fingerprint density at radius 3 is 2.68 bits per heavy atom. The molecule has 0 radical (unpaired) electrons. The number of hydrogen-bond donors (Lipinski definition) is 1. The van der Waals surface area contributed by atoms with E-state index in [-0.39, 0.29) is 24.7 Å². The number of aromatic nitrogens is 1. The molecule has 3 aromatic carbocycles. The number of aliphatic hydroxyl groups is 1. The molecule has 0 fully saturated rings. The number of likely N-dealkylation sites (N-methyl/N-ethyl adjacent to an activating group) is 1. The normalized spacial score (nSPS) is 20.1. The Balaban J connectivity index is 1.34. The Hall–Kier alpha value is -3.92. The van der Waals surface area contributed by atoms with E-state index in [4.69, 9.17) is 30.8 Å². The summed E-state index contributed by atoms with van der Waals surface area (Å²) in [5.74, 6) is 0.913. The van der Waals surface area contributed by atoms with Gasteiger partial charge in [0, 0.05) is 50.1 Å². The third-order valence-corrected chi connectivity index (χ3v) is 8.43. The predicted octanol–water partition coefficient (Wildman–Crippen LogP) is 5.68. The summed E-state index contributed by atoms with van der Waals surface area (Å²) in [6.45, 7) is 2.45. The van der Waals surface area contributed by atoms with Crippen molar-refractivity contribution in [2.24, 2.45) is 0 Å². The molecule has 10 heteroatoms. The molecule has 4 aromatic rings. The number of halogens is 2. The van der Waals surface area contributed by atoms with E-state index < -0.39 is 17.5 Å². The number of nitrogens with zero attached hydrogens (tertiary/aromatic N) is 2. The van der Waals surface area contributed by atoms with E-state index in [1.165, 1.54) is 0 Å². The van der Waals surface area contributed by atoms with Gasteiger partial charge in [-0.1, -0.05) is 27.5 Å². The van der Waals surface area contributed by atoms with Crippen molar-refractivity contribution in [3.63, 3.8) is 0 Å². The zero-order valence-electron chi connectivity index (χ0n) is 21.7. The average Bonchev–Trinajstić information content (AvgIpc) is 3.28. The lowest BCUT2D eigenvalue weighted by molar-refractivity contribution is -0.121. The summed E-state index contributed by atoms with van der Waals surface area (Å²) >= 11 is 9.73. The largest absolute Gasteiger partial charge is 0.488 e. The van der Waals surface area contributed by atoms with Crippen LogP contribution in [0.2, 0.25) is 5.02 Å². The van der Waals surface area contributed by atoms with Crippen LogP contribution in [-0.2, 0) is 17.0 Å². The number of Topliss-reactive ketones (excluding diaryl/α,β-unsaturated/α-hetero) is 1. The fourth-order valence-corrected chi connectivity index (χ4v) is 6.23. The number of hydrogen-bond acceptors (Lipinski definition) is 7. The van der Waals surface area contributed by atoms with Crippen molar-refractivity contribution in [3.05, 3.63) is 98.6 Å². The molecule has 0 aliphatic carbocycles. The molecular formula is C31H22BrClN2O6. The molecule has 3 aliphatic heterocycles. The first kappa shape index (κ1) is 26.0. The highest BCUT2D eigenvalue weighted by atomic mass is 79.9. The number of ketones is 1. The lowest BCUT2D eigenvalue weighted by Gasteiger charge is -2.31. The molecule has 1 aromatic heterocycles. The van der Waals surface area contributed by atoms with Crippen LogP contribution in [0.25, 0.3) is 11.3 Å². The third-order valence-electron chi connectivity index (χ3n) is 7.70. The van der Waals surface area contributed by atoms with Crippen molar-refractivity contribution in [1.29, 1.82) is 0 Å². The van der Waals surface area contributed by atoms with E-state index in [2.05, 4.69) is 15.9 Å². The van der Waals surface area contributed by atoms with Crippen LogP contribution in [0.15, 0.2) is 71.3 Å². The summed E-state index contributed by atoms with van der Waals surface area (Å²) in [6, 6.07) is 17.3. The van der Waals surface area contributed by atoms with Gasteiger partial charge in [0.15, 0.2) is 18.3 Å². The molecule has 7 rings (SSSR count). The first-order valence-corrected chi connectivity index (χ1v) is 14.2. The quantitative estimate of drug-likeness (QED) is 0.289. The Morgan fingerprint density at radius 1 is 1.07 bits per heavy atom. The summed E-state index contributed by atoms with van der Waals surface area (Å²) in [4.78, 5) is 32.8.